The molecule has 1 aliphatic rings. The number of hydrogen-bond donors (Lipinski definition) is 3. The zero-order valence-corrected chi connectivity index (χ0v) is 15.4. The van der Waals surface area contributed by atoms with Gasteiger partial charge in [0.25, 0.3) is 0 Å². The quantitative estimate of drug-likeness (QED) is 0.547. The number of carbonyl (C=O) groups excluding carboxylic acids is 1. The monoisotopic (exact) mass is 353 g/mol. The van der Waals surface area contributed by atoms with Gasteiger partial charge in [-0.2, -0.15) is 0 Å². The summed E-state index contributed by atoms with van der Waals surface area (Å²) in [7, 11) is 0. The standard InChI is InChI=1S/C21H27N3O2/c1-3-21(2,19-8-5-11-24-19)26-16-7-4-6-14(12-16)20(25)15-9-10-17(22)18(23)13-15/h4,6-7,9-10,12-13,19,24H,3,5,8,11,22-23H2,1-2H3. The lowest BCUT2D eigenvalue weighted by molar-refractivity contribution is 0.0487. The highest BCUT2D eigenvalue weighted by Crippen LogP contribution is 2.30. The van der Waals surface area contributed by atoms with Crippen molar-refractivity contribution in [3.63, 3.8) is 0 Å². The van der Waals surface area contributed by atoms with Gasteiger partial charge in [-0.05, 0) is 63.1 Å². The zero-order chi connectivity index (χ0) is 18.7. The van der Waals surface area contributed by atoms with Gasteiger partial charge in [0.1, 0.15) is 11.4 Å². The lowest BCUT2D eigenvalue weighted by Crippen LogP contribution is -2.49. The number of benzene rings is 2. The van der Waals surface area contributed by atoms with E-state index in [1.54, 1.807) is 30.3 Å². The molecule has 0 spiro atoms. The zero-order valence-electron chi connectivity index (χ0n) is 15.4. The molecule has 0 radical (unpaired) electrons. The number of hydrogen-bond acceptors (Lipinski definition) is 5. The molecule has 2 unspecified atom stereocenters. The first-order chi connectivity index (χ1) is 12.4. The lowest BCUT2D eigenvalue weighted by Gasteiger charge is -2.35. The topological polar surface area (TPSA) is 90.4 Å². The van der Waals surface area contributed by atoms with Gasteiger partial charge in [0.05, 0.1) is 11.4 Å². The summed E-state index contributed by atoms with van der Waals surface area (Å²) >= 11 is 0. The van der Waals surface area contributed by atoms with Crippen LogP contribution in [0.1, 0.15) is 49.0 Å². The molecule has 0 aromatic heterocycles. The summed E-state index contributed by atoms with van der Waals surface area (Å²) < 4.78 is 6.35. The molecule has 1 fully saturated rings. The van der Waals surface area contributed by atoms with Gasteiger partial charge in [0.15, 0.2) is 5.78 Å². The summed E-state index contributed by atoms with van der Waals surface area (Å²) in [5.41, 5.74) is 13.2. The second-order valence-electron chi connectivity index (χ2n) is 7.12. The van der Waals surface area contributed by atoms with Gasteiger partial charge in [-0.1, -0.05) is 19.1 Å². The van der Waals surface area contributed by atoms with Crippen LogP contribution in [-0.2, 0) is 0 Å². The van der Waals surface area contributed by atoms with E-state index in [0.29, 0.717) is 34.3 Å². The maximum Gasteiger partial charge on any atom is 0.193 e. The molecule has 5 N–H and O–H groups in total. The molecule has 1 saturated heterocycles. The van der Waals surface area contributed by atoms with Gasteiger partial charge < -0.3 is 21.5 Å². The molecular formula is C21H27N3O2. The number of nitrogen functional groups attached to an aromatic ring is 2. The maximum absolute atomic E-state index is 12.8. The highest BCUT2D eigenvalue weighted by atomic mass is 16.5. The van der Waals surface area contributed by atoms with E-state index in [-0.39, 0.29) is 11.4 Å². The second kappa shape index (κ2) is 7.38. The Balaban J connectivity index is 1.83. The van der Waals surface area contributed by atoms with Crippen molar-refractivity contribution in [3.05, 3.63) is 53.6 Å². The van der Waals surface area contributed by atoms with Crippen molar-refractivity contribution in [1.29, 1.82) is 0 Å². The summed E-state index contributed by atoms with van der Waals surface area (Å²) in [6.07, 6.45) is 3.16. The average Bonchev–Trinajstić information content (AvgIpc) is 3.19. The van der Waals surface area contributed by atoms with Crippen molar-refractivity contribution in [2.45, 2.75) is 44.8 Å². The Morgan fingerprint density at radius 2 is 1.96 bits per heavy atom. The van der Waals surface area contributed by atoms with Crippen LogP contribution in [0.4, 0.5) is 11.4 Å². The molecule has 2 aromatic carbocycles. The Bertz CT molecular complexity index is 800. The van der Waals surface area contributed by atoms with E-state index in [4.69, 9.17) is 16.2 Å². The van der Waals surface area contributed by atoms with E-state index in [9.17, 15) is 4.79 Å². The Labute approximate surface area is 154 Å². The molecule has 2 aromatic rings. The predicted molar refractivity (Wildman–Crippen MR) is 105 cm³/mol. The maximum atomic E-state index is 12.8. The molecule has 0 bridgehead atoms. The molecule has 5 nitrogen and oxygen atoms in total. The Hall–Kier alpha value is -2.53. The fourth-order valence-corrected chi connectivity index (χ4v) is 3.45. The Kier molecular flexibility index (Phi) is 5.18. The van der Waals surface area contributed by atoms with Crippen molar-refractivity contribution in [3.8, 4) is 5.75 Å². The molecule has 1 heterocycles. The SMILES string of the molecule is CCC(C)(Oc1cccc(C(=O)c2ccc(N)c(N)c2)c1)C1CCCN1. The first-order valence-electron chi connectivity index (χ1n) is 9.15. The fraction of sp³-hybridized carbons (Fsp3) is 0.381. The molecule has 0 aliphatic carbocycles. The van der Waals surface area contributed by atoms with Crippen molar-refractivity contribution in [1.82, 2.24) is 5.32 Å². The van der Waals surface area contributed by atoms with Gasteiger partial charge in [0.2, 0.25) is 0 Å². The van der Waals surface area contributed by atoms with Gasteiger partial charge in [-0.3, -0.25) is 4.79 Å². The van der Waals surface area contributed by atoms with Crippen molar-refractivity contribution in [2.75, 3.05) is 18.0 Å². The molecule has 2 atom stereocenters. The molecule has 5 heteroatoms. The lowest BCUT2D eigenvalue weighted by atomic mass is 9.92. The summed E-state index contributed by atoms with van der Waals surface area (Å²) in [5.74, 6) is 0.608. The van der Waals surface area contributed by atoms with Crippen LogP contribution in [0, 0.1) is 0 Å². The minimum Gasteiger partial charge on any atom is -0.486 e. The smallest absolute Gasteiger partial charge is 0.193 e. The van der Waals surface area contributed by atoms with E-state index in [1.807, 2.05) is 12.1 Å². The minimum absolute atomic E-state index is 0.0978. The van der Waals surface area contributed by atoms with Crippen LogP contribution < -0.4 is 21.5 Å². The van der Waals surface area contributed by atoms with Crippen LogP contribution in [0.25, 0.3) is 0 Å². The van der Waals surface area contributed by atoms with Crippen molar-refractivity contribution < 1.29 is 9.53 Å². The molecule has 3 rings (SSSR count). The molecular weight excluding hydrogens is 326 g/mol. The van der Waals surface area contributed by atoms with E-state index in [0.717, 1.165) is 19.4 Å². The van der Waals surface area contributed by atoms with Crippen LogP contribution >= 0.6 is 0 Å². The van der Waals surface area contributed by atoms with Gasteiger partial charge >= 0.3 is 0 Å². The third kappa shape index (κ3) is 3.68. The molecule has 1 aliphatic heterocycles. The highest BCUT2D eigenvalue weighted by Gasteiger charge is 2.36. The third-order valence-electron chi connectivity index (χ3n) is 5.30. The molecule has 26 heavy (non-hydrogen) atoms. The number of anilines is 2. The largest absolute Gasteiger partial charge is 0.486 e. The first-order valence-corrected chi connectivity index (χ1v) is 9.15. The fourth-order valence-electron chi connectivity index (χ4n) is 3.45. The van der Waals surface area contributed by atoms with Crippen LogP contribution in [0.3, 0.4) is 0 Å². The minimum atomic E-state index is -0.302. The predicted octanol–water partition coefficient (Wildman–Crippen LogP) is 3.38. The van der Waals surface area contributed by atoms with E-state index >= 15 is 0 Å². The van der Waals surface area contributed by atoms with E-state index < -0.39 is 0 Å². The van der Waals surface area contributed by atoms with Crippen LogP contribution in [-0.4, -0.2) is 24.0 Å². The molecule has 138 valence electrons. The summed E-state index contributed by atoms with van der Waals surface area (Å²) in [6.45, 7) is 5.29. The van der Waals surface area contributed by atoms with Crippen LogP contribution in [0.5, 0.6) is 5.75 Å². The first kappa shape index (κ1) is 18.3. The Morgan fingerprint density at radius 3 is 2.62 bits per heavy atom. The van der Waals surface area contributed by atoms with Gasteiger partial charge in [-0.25, -0.2) is 0 Å². The number of nitrogens with two attached hydrogens (primary N) is 2. The van der Waals surface area contributed by atoms with Crippen LogP contribution in [0.2, 0.25) is 0 Å². The van der Waals surface area contributed by atoms with E-state index in [1.165, 1.54) is 6.42 Å². The summed E-state index contributed by atoms with van der Waals surface area (Å²) in [6, 6.07) is 12.6. The molecule has 0 saturated carbocycles. The molecule has 0 amide bonds. The third-order valence-corrected chi connectivity index (χ3v) is 5.30. The van der Waals surface area contributed by atoms with Crippen molar-refractivity contribution >= 4 is 17.2 Å². The highest BCUT2D eigenvalue weighted by molar-refractivity contribution is 6.10. The summed E-state index contributed by atoms with van der Waals surface area (Å²) in [4.78, 5) is 12.8. The second-order valence-corrected chi connectivity index (χ2v) is 7.12. The number of ether oxygens (including phenoxy) is 1. The summed E-state index contributed by atoms with van der Waals surface area (Å²) in [5, 5.41) is 3.53. The van der Waals surface area contributed by atoms with Crippen molar-refractivity contribution in [2.24, 2.45) is 0 Å². The van der Waals surface area contributed by atoms with E-state index in [2.05, 4.69) is 19.2 Å². The normalized spacial score (nSPS) is 19.1. The Morgan fingerprint density at radius 1 is 1.19 bits per heavy atom. The average molecular weight is 353 g/mol. The van der Waals surface area contributed by atoms with Gasteiger partial charge in [0, 0.05) is 17.2 Å². The number of rotatable bonds is 6. The van der Waals surface area contributed by atoms with Crippen LogP contribution in [0.15, 0.2) is 42.5 Å². The van der Waals surface area contributed by atoms with Gasteiger partial charge in [-0.15, -0.1) is 0 Å². The number of nitrogens with one attached hydrogen (secondary N) is 1. The number of carbonyl (C=O) groups is 1. The number of ketones is 1.